The highest BCUT2D eigenvalue weighted by Crippen LogP contribution is 2.32. The SMILES string of the molecule is COc1c(N)ncnc1N1CCCC(C)(O)CC1. The Bertz CT molecular complexity index is 423. The standard InChI is InChI=1S/C12H20N4O2/c1-12(17)4-3-6-16(7-5-12)11-9(18-2)10(13)14-8-15-11/h8,17H,3-7H2,1-2H3,(H2,13,14,15). The summed E-state index contributed by atoms with van der Waals surface area (Å²) >= 11 is 0. The van der Waals surface area contributed by atoms with Crippen molar-refractivity contribution in [1.82, 2.24) is 9.97 Å². The van der Waals surface area contributed by atoms with E-state index in [1.807, 2.05) is 6.92 Å². The van der Waals surface area contributed by atoms with E-state index in [1.165, 1.54) is 6.33 Å². The molecule has 1 atom stereocenters. The Morgan fingerprint density at radius 2 is 2.17 bits per heavy atom. The first kappa shape index (κ1) is 12.9. The molecular weight excluding hydrogens is 232 g/mol. The van der Waals surface area contributed by atoms with Crippen molar-refractivity contribution in [3.63, 3.8) is 0 Å². The summed E-state index contributed by atoms with van der Waals surface area (Å²) in [4.78, 5) is 10.3. The molecule has 6 nitrogen and oxygen atoms in total. The van der Waals surface area contributed by atoms with Crippen LogP contribution in [0.4, 0.5) is 11.6 Å². The molecule has 1 aliphatic heterocycles. The zero-order valence-corrected chi connectivity index (χ0v) is 10.9. The highest BCUT2D eigenvalue weighted by atomic mass is 16.5. The van der Waals surface area contributed by atoms with Crippen LogP contribution in [0.2, 0.25) is 0 Å². The molecule has 0 bridgehead atoms. The molecular formula is C12H20N4O2. The van der Waals surface area contributed by atoms with E-state index in [0.717, 1.165) is 25.9 Å². The predicted octanol–water partition coefficient (Wildman–Crippen LogP) is 0.809. The van der Waals surface area contributed by atoms with Crippen LogP contribution in [0, 0.1) is 0 Å². The molecule has 1 unspecified atom stereocenters. The van der Waals surface area contributed by atoms with Crippen LogP contribution in [0.1, 0.15) is 26.2 Å². The number of nitrogen functional groups attached to an aromatic ring is 1. The first-order valence-corrected chi connectivity index (χ1v) is 6.15. The molecule has 0 aliphatic carbocycles. The summed E-state index contributed by atoms with van der Waals surface area (Å²) in [6.07, 6.45) is 3.86. The lowest BCUT2D eigenvalue weighted by molar-refractivity contribution is 0.0481. The summed E-state index contributed by atoms with van der Waals surface area (Å²) < 4.78 is 5.27. The van der Waals surface area contributed by atoms with E-state index in [1.54, 1.807) is 7.11 Å². The third kappa shape index (κ3) is 2.64. The zero-order chi connectivity index (χ0) is 13.2. The number of rotatable bonds is 2. The van der Waals surface area contributed by atoms with E-state index >= 15 is 0 Å². The van der Waals surface area contributed by atoms with Gasteiger partial charge in [-0.15, -0.1) is 0 Å². The van der Waals surface area contributed by atoms with Crippen LogP contribution in [0.25, 0.3) is 0 Å². The van der Waals surface area contributed by atoms with Gasteiger partial charge in [0.15, 0.2) is 11.6 Å². The molecule has 0 spiro atoms. The molecule has 2 heterocycles. The predicted molar refractivity (Wildman–Crippen MR) is 69.7 cm³/mol. The molecule has 18 heavy (non-hydrogen) atoms. The fourth-order valence-electron chi connectivity index (χ4n) is 2.27. The molecule has 0 amide bonds. The number of methoxy groups -OCH3 is 1. The first-order valence-electron chi connectivity index (χ1n) is 6.15. The third-order valence-electron chi connectivity index (χ3n) is 3.38. The van der Waals surface area contributed by atoms with Gasteiger partial charge >= 0.3 is 0 Å². The molecule has 1 aliphatic rings. The number of anilines is 2. The van der Waals surface area contributed by atoms with Crippen molar-refractivity contribution in [2.24, 2.45) is 0 Å². The van der Waals surface area contributed by atoms with Crippen LogP contribution in [0.3, 0.4) is 0 Å². The summed E-state index contributed by atoms with van der Waals surface area (Å²) in [7, 11) is 1.56. The Morgan fingerprint density at radius 1 is 1.39 bits per heavy atom. The second-order valence-corrected chi connectivity index (χ2v) is 4.95. The lowest BCUT2D eigenvalue weighted by Gasteiger charge is -2.24. The molecule has 1 aromatic heterocycles. The van der Waals surface area contributed by atoms with Crippen molar-refractivity contribution in [3.8, 4) is 5.75 Å². The van der Waals surface area contributed by atoms with Gasteiger partial charge in [0.2, 0.25) is 5.75 Å². The third-order valence-corrected chi connectivity index (χ3v) is 3.38. The monoisotopic (exact) mass is 252 g/mol. The summed E-state index contributed by atoms with van der Waals surface area (Å²) in [5.41, 5.74) is 5.18. The van der Waals surface area contributed by atoms with E-state index in [2.05, 4.69) is 14.9 Å². The van der Waals surface area contributed by atoms with E-state index in [-0.39, 0.29) is 0 Å². The van der Waals surface area contributed by atoms with Crippen LogP contribution in [0.15, 0.2) is 6.33 Å². The number of nitrogens with two attached hydrogens (primary N) is 1. The van der Waals surface area contributed by atoms with Gasteiger partial charge in [-0.3, -0.25) is 0 Å². The molecule has 1 fully saturated rings. The van der Waals surface area contributed by atoms with E-state index in [9.17, 15) is 5.11 Å². The first-order chi connectivity index (χ1) is 8.53. The number of hydrogen-bond acceptors (Lipinski definition) is 6. The lowest BCUT2D eigenvalue weighted by atomic mass is 9.98. The highest BCUT2D eigenvalue weighted by Gasteiger charge is 2.27. The summed E-state index contributed by atoms with van der Waals surface area (Å²) in [6, 6.07) is 0. The van der Waals surface area contributed by atoms with Gasteiger partial charge in [0.1, 0.15) is 6.33 Å². The van der Waals surface area contributed by atoms with Crippen molar-refractivity contribution < 1.29 is 9.84 Å². The Labute approximate surface area is 107 Å². The topological polar surface area (TPSA) is 84.5 Å². The van der Waals surface area contributed by atoms with E-state index in [0.29, 0.717) is 23.8 Å². The maximum Gasteiger partial charge on any atom is 0.204 e. The second-order valence-electron chi connectivity index (χ2n) is 4.95. The minimum absolute atomic E-state index is 0.346. The van der Waals surface area contributed by atoms with Gasteiger partial charge in [-0.1, -0.05) is 0 Å². The van der Waals surface area contributed by atoms with E-state index in [4.69, 9.17) is 10.5 Å². The van der Waals surface area contributed by atoms with Crippen LogP contribution >= 0.6 is 0 Å². The maximum absolute atomic E-state index is 10.1. The zero-order valence-electron chi connectivity index (χ0n) is 10.9. The number of aliphatic hydroxyl groups is 1. The van der Waals surface area contributed by atoms with Crippen molar-refractivity contribution >= 4 is 11.6 Å². The molecule has 1 aromatic rings. The average molecular weight is 252 g/mol. The molecule has 0 saturated carbocycles. The number of ether oxygens (including phenoxy) is 1. The van der Waals surface area contributed by atoms with Crippen LogP contribution in [-0.4, -0.2) is 40.9 Å². The number of nitrogens with zero attached hydrogens (tertiary/aromatic N) is 3. The summed E-state index contributed by atoms with van der Waals surface area (Å²) in [6.45, 7) is 3.45. The van der Waals surface area contributed by atoms with Crippen molar-refractivity contribution in [1.29, 1.82) is 0 Å². The average Bonchev–Trinajstić information content (AvgIpc) is 2.50. The fourth-order valence-corrected chi connectivity index (χ4v) is 2.27. The molecule has 0 aromatic carbocycles. The number of aromatic nitrogens is 2. The summed E-state index contributed by atoms with van der Waals surface area (Å²) in [5, 5.41) is 10.1. The van der Waals surface area contributed by atoms with Gasteiger partial charge in [0, 0.05) is 13.1 Å². The molecule has 0 radical (unpaired) electrons. The Kier molecular flexibility index (Phi) is 3.56. The minimum Gasteiger partial charge on any atom is -0.490 e. The quantitative estimate of drug-likeness (QED) is 0.810. The van der Waals surface area contributed by atoms with Gasteiger partial charge in [0.05, 0.1) is 12.7 Å². The van der Waals surface area contributed by atoms with Crippen LogP contribution in [-0.2, 0) is 0 Å². The van der Waals surface area contributed by atoms with Crippen LogP contribution < -0.4 is 15.4 Å². The molecule has 3 N–H and O–H groups in total. The second kappa shape index (κ2) is 4.97. The van der Waals surface area contributed by atoms with Crippen LogP contribution in [0.5, 0.6) is 5.75 Å². The molecule has 2 rings (SSSR count). The normalized spacial score (nSPS) is 24.7. The Morgan fingerprint density at radius 3 is 2.89 bits per heavy atom. The van der Waals surface area contributed by atoms with E-state index < -0.39 is 5.60 Å². The summed E-state index contributed by atoms with van der Waals surface area (Å²) in [5.74, 6) is 1.57. The van der Waals surface area contributed by atoms with Gasteiger partial charge in [-0.25, -0.2) is 9.97 Å². The smallest absolute Gasteiger partial charge is 0.204 e. The molecule has 100 valence electrons. The van der Waals surface area contributed by atoms with Crippen molar-refractivity contribution in [2.75, 3.05) is 30.8 Å². The molecule has 6 heteroatoms. The lowest BCUT2D eigenvalue weighted by Crippen LogP contribution is -2.29. The van der Waals surface area contributed by atoms with Crippen molar-refractivity contribution in [3.05, 3.63) is 6.33 Å². The Hall–Kier alpha value is -1.56. The fraction of sp³-hybridized carbons (Fsp3) is 0.667. The van der Waals surface area contributed by atoms with Gasteiger partial charge in [-0.2, -0.15) is 0 Å². The maximum atomic E-state index is 10.1. The number of hydrogen-bond donors (Lipinski definition) is 2. The highest BCUT2D eigenvalue weighted by molar-refractivity contribution is 5.62. The van der Waals surface area contributed by atoms with Crippen molar-refractivity contribution in [2.45, 2.75) is 31.8 Å². The van der Waals surface area contributed by atoms with Gasteiger partial charge in [0.25, 0.3) is 0 Å². The van der Waals surface area contributed by atoms with Gasteiger partial charge in [-0.05, 0) is 26.2 Å². The Balaban J connectivity index is 2.24. The van der Waals surface area contributed by atoms with Gasteiger partial charge < -0.3 is 20.5 Å². The largest absolute Gasteiger partial charge is 0.490 e. The molecule has 1 saturated heterocycles. The minimum atomic E-state index is -0.597.